The summed E-state index contributed by atoms with van der Waals surface area (Å²) in [5, 5.41) is 9.00. The number of nitriles is 1. The van der Waals surface area contributed by atoms with Gasteiger partial charge in [-0.15, -0.1) is 0 Å². The van der Waals surface area contributed by atoms with Crippen molar-refractivity contribution in [2.24, 2.45) is 0 Å². The standard InChI is InChI=1S/C16H11NO3/c1-20-16(19)12-8-6-11(7-9-12)15(18)14-5-3-2-4-13(14)10-17/h2-9H,1H3. The van der Waals surface area contributed by atoms with Gasteiger partial charge in [0.1, 0.15) is 0 Å². The Hall–Kier alpha value is -2.93. The van der Waals surface area contributed by atoms with E-state index in [9.17, 15) is 9.59 Å². The average Bonchev–Trinajstić information content (AvgIpc) is 2.53. The lowest BCUT2D eigenvalue weighted by molar-refractivity contribution is 0.0600. The predicted molar refractivity (Wildman–Crippen MR) is 72.4 cm³/mol. The molecule has 0 N–H and O–H groups in total. The highest BCUT2D eigenvalue weighted by molar-refractivity contribution is 6.10. The first kappa shape index (κ1) is 13.5. The third kappa shape index (κ3) is 2.57. The number of carbonyl (C=O) groups excluding carboxylic acids is 2. The Labute approximate surface area is 116 Å². The summed E-state index contributed by atoms with van der Waals surface area (Å²) in [5.41, 5.74) is 1.47. The van der Waals surface area contributed by atoms with Crippen LogP contribution < -0.4 is 0 Å². The Bertz CT molecular complexity index is 696. The van der Waals surface area contributed by atoms with Gasteiger partial charge >= 0.3 is 5.97 Å². The highest BCUT2D eigenvalue weighted by Gasteiger charge is 2.14. The molecular weight excluding hydrogens is 254 g/mol. The van der Waals surface area contributed by atoms with Crippen molar-refractivity contribution in [2.45, 2.75) is 0 Å². The molecule has 2 aromatic carbocycles. The van der Waals surface area contributed by atoms with Crippen LogP contribution in [-0.4, -0.2) is 18.9 Å². The van der Waals surface area contributed by atoms with E-state index in [0.717, 1.165) is 0 Å². The Kier molecular flexibility index (Phi) is 3.92. The number of carbonyl (C=O) groups is 2. The molecule has 0 bridgehead atoms. The van der Waals surface area contributed by atoms with Gasteiger partial charge in [-0.2, -0.15) is 5.26 Å². The monoisotopic (exact) mass is 265 g/mol. The molecular formula is C16H11NO3. The highest BCUT2D eigenvalue weighted by Crippen LogP contribution is 2.15. The van der Waals surface area contributed by atoms with E-state index in [4.69, 9.17) is 5.26 Å². The summed E-state index contributed by atoms with van der Waals surface area (Å²) in [6.07, 6.45) is 0. The van der Waals surface area contributed by atoms with Gasteiger partial charge in [0.15, 0.2) is 5.78 Å². The van der Waals surface area contributed by atoms with Crippen molar-refractivity contribution in [2.75, 3.05) is 7.11 Å². The Morgan fingerprint density at radius 2 is 1.60 bits per heavy atom. The smallest absolute Gasteiger partial charge is 0.337 e. The molecule has 4 heteroatoms. The molecule has 0 aliphatic carbocycles. The third-order valence-electron chi connectivity index (χ3n) is 2.86. The van der Waals surface area contributed by atoms with Crippen LogP contribution in [0.1, 0.15) is 31.8 Å². The first-order valence-electron chi connectivity index (χ1n) is 5.89. The van der Waals surface area contributed by atoms with Crippen LogP contribution in [0.25, 0.3) is 0 Å². The van der Waals surface area contributed by atoms with Crippen LogP contribution in [-0.2, 0) is 4.74 Å². The first-order valence-corrected chi connectivity index (χ1v) is 5.89. The molecule has 0 aliphatic rings. The second-order valence-corrected chi connectivity index (χ2v) is 4.06. The fourth-order valence-electron chi connectivity index (χ4n) is 1.81. The van der Waals surface area contributed by atoms with Gasteiger partial charge in [0, 0.05) is 11.1 Å². The van der Waals surface area contributed by atoms with Gasteiger partial charge in [0.05, 0.1) is 24.3 Å². The van der Waals surface area contributed by atoms with Crippen LogP contribution in [0.3, 0.4) is 0 Å². The zero-order valence-electron chi connectivity index (χ0n) is 10.8. The van der Waals surface area contributed by atoms with Gasteiger partial charge in [0.2, 0.25) is 0 Å². The molecule has 2 rings (SSSR count). The summed E-state index contributed by atoms with van der Waals surface area (Å²) >= 11 is 0. The lowest BCUT2D eigenvalue weighted by atomic mass is 9.98. The van der Waals surface area contributed by atoms with Crippen LogP contribution in [0.2, 0.25) is 0 Å². The van der Waals surface area contributed by atoms with Gasteiger partial charge < -0.3 is 4.74 Å². The summed E-state index contributed by atoms with van der Waals surface area (Å²) in [4.78, 5) is 23.6. The molecule has 0 unspecified atom stereocenters. The van der Waals surface area contributed by atoms with Crippen LogP contribution in [0.5, 0.6) is 0 Å². The van der Waals surface area contributed by atoms with Gasteiger partial charge in [-0.25, -0.2) is 4.79 Å². The Balaban J connectivity index is 2.35. The quantitative estimate of drug-likeness (QED) is 0.632. The normalized spacial score (nSPS) is 9.60. The van der Waals surface area contributed by atoms with Crippen molar-refractivity contribution >= 4 is 11.8 Å². The zero-order valence-corrected chi connectivity index (χ0v) is 10.8. The minimum Gasteiger partial charge on any atom is -0.465 e. The van der Waals surface area contributed by atoms with E-state index in [1.165, 1.54) is 19.2 Å². The molecule has 0 saturated heterocycles. The van der Waals surface area contributed by atoms with E-state index < -0.39 is 5.97 Å². The summed E-state index contributed by atoms with van der Waals surface area (Å²) in [7, 11) is 1.30. The van der Waals surface area contributed by atoms with Crippen molar-refractivity contribution in [3.8, 4) is 6.07 Å². The maximum atomic E-state index is 12.3. The summed E-state index contributed by atoms with van der Waals surface area (Å²) in [6.45, 7) is 0. The molecule has 0 heterocycles. The van der Waals surface area contributed by atoms with E-state index in [2.05, 4.69) is 4.74 Å². The summed E-state index contributed by atoms with van der Waals surface area (Å²) < 4.78 is 4.59. The third-order valence-corrected chi connectivity index (χ3v) is 2.86. The lowest BCUT2D eigenvalue weighted by Gasteiger charge is -2.04. The van der Waals surface area contributed by atoms with Crippen LogP contribution in [0.4, 0.5) is 0 Å². The van der Waals surface area contributed by atoms with E-state index in [1.807, 2.05) is 6.07 Å². The SMILES string of the molecule is COC(=O)c1ccc(C(=O)c2ccccc2C#N)cc1. The molecule has 0 atom stereocenters. The number of hydrogen-bond donors (Lipinski definition) is 0. The van der Waals surface area contributed by atoms with Gasteiger partial charge in [-0.3, -0.25) is 4.79 Å². The molecule has 2 aromatic rings. The molecule has 0 aliphatic heterocycles. The second-order valence-electron chi connectivity index (χ2n) is 4.06. The summed E-state index contributed by atoms with van der Waals surface area (Å²) in [6, 6.07) is 14.7. The van der Waals surface area contributed by atoms with E-state index in [-0.39, 0.29) is 5.78 Å². The minimum atomic E-state index is -0.457. The zero-order chi connectivity index (χ0) is 14.5. The number of rotatable bonds is 3. The molecule has 0 saturated carbocycles. The lowest BCUT2D eigenvalue weighted by Crippen LogP contribution is -2.05. The van der Waals surface area contributed by atoms with Gasteiger partial charge in [-0.05, 0) is 24.3 Å². The largest absolute Gasteiger partial charge is 0.465 e. The van der Waals surface area contributed by atoms with Crippen molar-refractivity contribution < 1.29 is 14.3 Å². The van der Waals surface area contributed by atoms with Crippen LogP contribution >= 0.6 is 0 Å². The van der Waals surface area contributed by atoms with E-state index in [1.54, 1.807) is 36.4 Å². The number of ketones is 1. The van der Waals surface area contributed by atoms with Crippen LogP contribution in [0, 0.1) is 11.3 Å². The minimum absolute atomic E-state index is 0.251. The molecule has 0 aromatic heterocycles. The summed E-state index contributed by atoms with van der Waals surface area (Å²) in [5.74, 6) is -0.708. The second kappa shape index (κ2) is 5.81. The van der Waals surface area contributed by atoms with Crippen molar-refractivity contribution in [3.63, 3.8) is 0 Å². The Morgan fingerprint density at radius 1 is 1.00 bits per heavy atom. The molecule has 0 radical (unpaired) electrons. The molecule has 98 valence electrons. The molecule has 0 spiro atoms. The van der Waals surface area contributed by atoms with Gasteiger partial charge in [0.25, 0.3) is 0 Å². The number of hydrogen-bond acceptors (Lipinski definition) is 4. The number of nitrogens with zero attached hydrogens (tertiary/aromatic N) is 1. The Morgan fingerprint density at radius 3 is 2.20 bits per heavy atom. The highest BCUT2D eigenvalue weighted by atomic mass is 16.5. The molecule has 4 nitrogen and oxygen atoms in total. The first-order chi connectivity index (χ1) is 9.67. The van der Waals surface area contributed by atoms with E-state index >= 15 is 0 Å². The number of benzene rings is 2. The fourth-order valence-corrected chi connectivity index (χ4v) is 1.81. The molecule has 0 fully saturated rings. The molecule has 0 amide bonds. The number of methoxy groups -OCH3 is 1. The van der Waals surface area contributed by atoms with Crippen molar-refractivity contribution in [1.82, 2.24) is 0 Å². The topological polar surface area (TPSA) is 67.2 Å². The van der Waals surface area contributed by atoms with E-state index in [0.29, 0.717) is 22.3 Å². The maximum absolute atomic E-state index is 12.3. The molecule has 20 heavy (non-hydrogen) atoms. The van der Waals surface area contributed by atoms with Crippen molar-refractivity contribution in [3.05, 3.63) is 70.8 Å². The maximum Gasteiger partial charge on any atom is 0.337 e. The fraction of sp³-hybridized carbons (Fsp3) is 0.0625. The predicted octanol–water partition coefficient (Wildman–Crippen LogP) is 2.58. The number of ether oxygens (including phenoxy) is 1. The number of esters is 1. The van der Waals surface area contributed by atoms with Gasteiger partial charge in [-0.1, -0.05) is 24.3 Å². The van der Waals surface area contributed by atoms with Crippen molar-refractivity contribution in [1.29, 1.82) is 5.26 Å². The van der Waals surface area contributed by atoms with Crippen LogP contribution in [0.15, 0.2) is 48.5 Å². The average molecular weight is 265 g/mol.